The van der Waals surface area contributed by atoms with Crippen LogP contribution in [0.1, 0.15) is 23.7 Å². The fraction of sp³-hybridized carbons (Fsp3) is 0.190. The summed E-state index contributed by atoms with van der Waals surface area (Å²) in [4.78, 5) is 12.6. The molecule has 28 heavy (non-hydrogen) atoms. The Labute approximate surface area is 167 Å². The van der Waals surface area contributed by atoms with E-state index in [9.17, 15) is 4.79 Å². The maximum atomic E-state index is 12.6. The lowest BCUT2D eigenvalue weighted by atomic mass is 9.95. The number of carbonyl (C=O) groups excluding carboxylic acids is 1. The van der Waals surface area contributed by atoms with Crippen molar-refractivity contribution in [3.63, 3.8) is 0 Å². The van der Waals surface area contributed by atoms with Crippen LogP contribution in [0.3, 0.4) is 0 Å². The number of fused-ring (bicyclic) bond motifs is 1. The third-order valence-electron chi connectivity index (χ3n) is 4.70. The number of amides is 1. The minimum atomic E-state index is -0.0280. The highest BCUT2D eigenvalue weighted by atomic mass is 35.5. The highest BCUT2D eigenvalue weighted by molar-refractivity contribution is 6.30. The molecule has 6 nitrogen and oxygen atoms in total. The zero-order valence-electron chi connectivity index (χ0n) is 15.2. The van der Waals surface area contributed by atoms with Crippen molar-refractivity contribution in [3.8, 4) is 0 Å². The molecule has 7 heteroatoms. The topological polar surface area (TPSA) is 64.2 Å². The third kappa shape index (κ3) is 4.23. The van der Waals surface area contributed by atoms with Gasteiger partial charge in [0.05, 0.1) is 6.54 Å². The molecule has 1 atom stereocenters. The van der Waals surface area contributed by atoms with Crippen molar-refractivity contribution in [2.75, 3.05) is 0 Å². The summed E-state index contributed by atoms with van der Waals surface area (Å²) in [5.74, 6) is 0.719. The number of halogens is 1. The summed E-state index contributed by atoms with van der Waals surface area (Å²) in [5.41, 5.74) is 1.85. The van der Waals surface area contributed by atoms with Gasteiger partial charge in [-0.2, -0.15) is 0 Å². The quantitative estimate of drug-likeness (QED) is 0.521. The third-order valence-corrected chi connectivity index (χ3v) is 4.95. The summed E-state index contributed by atoms with van der Waals surface area (Å²) in [5, 5.41) is 11.9. The molecule has 142 valence electrons. The Hall–Kier alpha value is -3.12. The van der Waals surface area contributed by atoms with Crippen LogP contribution in [-0.4, -0.2) is 25.1 Å². The molecule has 1 amide bonds. The van der Waals surface area contributed by atoms with Gasteiger partial charge in [-0.25, -0.2) is 0 Å². The van der Waals surface area contributed by atoms with Crippen molar-refractivity contribution in [2.24, 2.45) is 0 Å². The Morgan fingerprint density at radius 3 is 2.54 bits per heavy atom. The number of carbonyl (C=O) groups is 1. The predicted octanol–water partition coefficient (Wildman–Crippen LogP) is 3.67. The lowest BCUT2D eigenvalue weighted by Gasteiger charge is -2.18. The number of benzene rings is 1. The van der Waals surface area contributed by atoms with Crippen molar-refractivity contribution < 1.29 is 4.79 Å². The van der Waals surface area contributed by atoms with Gasteiger partial charge in [-0.3, -0.25) is 9.20 Å². The van der Waals surface area contributed by atoms with E-state index in [4.69, 9.17) is 11.6 Å². The number of hydrogen-bond acceptors (Lipinski definition) is 3. The molecule has 0 aliphatic heterocycles. The molecular formula is C21H20ClN5O. The van der Waals surface area contributed by atoms with Gasteiger partial charge in [-0.05, 0) is 42.0 Å². The summed E-state index contributed by atoms with van der Waals surface area (Å²) in [6.07, 6.45) is 6.27. The van der Waals surface area contributed by atoms with Crippen LogP contribution < -0.4 is 5.32 Å². The van der Waals surface area contributed by atoms with Gasteiger partial charge in [-0.1, -0.05) is 29.8 Å². The molecule has 0 spiro atoms. The highest BCUT2D eigenvalue weighted by Crippen LogP contribution is 2.24. The number of aromatic nitrogens is 4. The van der Waals surface area contributed by atoms with E-state index in [1.165, 1.54) is 0 Å². The molecule has 1 N–H and O–H groups in total. The normalized spacial score (nSPS) is 12.2. The second-order valence-corrected chi connectivity index (χ2v) is 7.09. The van der Waals surface area contributed by atoms with Crippen LogP contribution in [0.25, 0.3) is 5.65 Å². The minimum absolute atomic E-state index is 0.0280. The van der Waals surface area contributed by atoms with E-state index in [0.717, 1.165) is 17.8 Å². The molecule has 0 unspecified atom stereocenters. The fourth-order valence-corrected chi connectivity index (χ4v) is 3.38. The fourth-order valence-electron chi connectivity index (χ4n) is 3.25. The monoisotopic (exact) mass is 393 g/mol. The summed E-state index contributed by atoms with van der Waals surface area (Å²) in [7, 11) is 0. The summed E-state index contributed by atoms with van der Waals surface area (Å²) < 4.78 is 3.95. The number of nitrogens with zero attached hydrogens (tertiary/aromatic N) is 4. The minimum Gasteiger partial charge on any atom is -0.354 e. The first-order valence-corrected chi connectivity index (χ1v) is 9.48. The Morgan fingerprint density at radius 2 is 1.75 bits per heavy atom. The van der Waals surface area contributed by atoms with E-state index < -0.39 is 0 Å². The van der Waals surface area contributed by atoms with E-state index in [1.54, 1.807) is 0 Å². The van der Waals surface area contributed by atoms with Gasteiger partial charge < -0.3 is 9.88 Å². The van der Waals surface area contributed by atoms with Gasteiger partial charge in [0.15, 0.2) is 11.5 Å². The lowest BCUT2D eigenvalue weighted by Crippen LogP contribution is -2.26. The Kier molecular flexibility index (Phi) is 5.39. The zero-order chi connectivity index (χ0) is 19.3. The average Bonchev–Trinajstić information content (AvgIpc) is 3.36. The van der Waals surface area contributed by atoms with Crippen molar-refractivity contribution in [2.45, 2.75) is 25.4 Å². The first-order valence-electron chi connectivity index (χ1n) is 9.10. The Balaban J connectivity index is 1.44. The van der Waals surface area contributed by atoms with Gasteiger partial charge in [0, 0.05) is 42.5 Å². The largest absolute Gasteiger partial charge is 0.354 e. The van der Waals surface area contributed by atoms with Crippen LogP contribution >= 0.6 is 11.6 Å². The number of rotatable bonds is 7. The van der Waals surface area contributed by atoms with Crippen LogP contribution in [0.5, 0.6) is 0 Å². The zero-order valence-corrected chi connectivity index (χ0v) is 16.0. The van der Waals surface area contributed by atoms with Crippen LogP contribution in [0.2, 0.25) is 5.02 Å². The van der Waals surface area contributed by atoms with E-state index in [2.05, 4.69) is 20.1 Å². The predicted molar refractivity (Wildman–Crippen MR) is 108 cm³/mol. The number of pyridine rings is 1. The second-order valence-electron chi connectivity index (χ2n) is 6.65. The van der Waals surface area contributed by atoms with Crippen molar-refractivity contribution >= 4 is 23.2 Å². The maximum absolute atomic E-state index is 12.6. The standard InChI is InChI=1S/C21H20ClN5O/c22-18-8-6-16(7-9-18)17(15-26-10-3-4-11-26)13-21(28)23-14-20-25-24-19-5-1-2-12-27(19)20/h1-12,17H,13-15H2,(H,23,28)/t17-/m0/s1. The maximum Gasteiger partial charge on any atom is 0.221 e. The second kappa shape index (κ2) is 8.27. The van der Waals surface area contributed by atoms with Gasteiger partial charge in [0.1, 0.15) is 0 Å². The van der Waals surface area contributed by atoms with Gasteiger partial charge in [-0.15, -0.1) is 10.2 Å². The number of hydrogen-bond donors (Lipinski definition) is 1. The molecule has 0 aliphatic carbocycles. The van der Waals surface area contributed by atoms with Crippen LogP contribution in [0.4, 0.5) is 0 Å². The van der Waals surface area contributed by atoms with Gasteiger partial charge >= 0.3 is 0 Å². The van der Waals surface area contributed by atoms with Crippen LogP contribution in [-0.2, 0) is 17.9 Å². The number of nitrogens with one attached hydrogen (secondary N) is 1. The van der Waals surface area contributed by atoms with Crippen molar-refractivity contribution in [3.05, 3.63) is 89.6 Å². The molecule has 0 bridgehead atoms. The lowest BCUT2D eigenvalue weighted by molar-refractivity contribution is -0.121. The molecule has 0 radical (unpaired) electrons. The first-order chi connectivity index (χ1) is 13.7. The van der Waals surface area contributed by atoms with E-state index in [1.807, 2.05) is 77.6 Å². The molecule has 4 rings (SSSR count). The molecule has 3 heterocycles. The van der Waals surface area contributed by atoms with Crippen molar-refractivity contribution in [1.82, 2.24) is 24.5 Å². The van der Waals surface area contributed by atoms with E-state index in [-0.39, 0.29) is 11.8 Å². The SMILES string of the molecule is O=C(C[C@@H](Cn1cccc1)c1ccc(Cl)cc1)NCc1nnc2ccccn12. The summed E-state index contributed by atoms with van der Waals surface area (Å²) in [6.45, 7) is 1.05. The molecule has 0 saturated carbocycles. The van der Waals surface area contributed by atoms with E-state index >= 15 is 0 Å². The van der Waals surface area contributed by atoms with Gasteiger partial charge in [0.2, 0.25) is 5.91 Å². The Bertz CT molecular complexity index is 1060. The summed E-state index contributed by atoms with van der Waals surface area (Å²) in [6, 6.07) is 17.3. The smallest absolute Gasteiger partial charge is 0.221 e. The van der Waals surface area contributed by atoms with Crippen LogP contribution in [0, 0.1) is 0 Å². The van der Waals surface area contributed by atoms with Crippen LogP contribution in [0.15, 0.2) is 73.2 Å². The molecule has 3 aromatic heterocycles. The Morgan fingerprint density at radius 1 is 1.00 bits per heavy atom. The average molecular weight is 394 g/mol. The van der Waals surface area contributed by atoms with Crippen molar-refractivity contribution in [1.29, 1.82) is 0 Å². The van der Waals surface area contributed by atoms with E-state index in [0.29, 0.717) is 23.8 Å². The first kappa shape index (κ1) is 18.3. The molecule has 0 aliphatic rings. The highest BCUT2D eigenvalue weighted by Gasteiger charge is 2.17. The molecule has 1 aromatic carbocycles. The molecule has 0 saturated heterocycles. The molecule has 0 fully saturated rings. The van der Waals surface area contributed by atoms with Gasteiger partial charge in [0.25, 0.3) is 0 Å². The summed E-state index contributed by atoms with van der Waals surface area (Å²) >= 11 is 6.02. The molecule has 4 aromatic rings. The molecular weight excluding hydrogens is 374 g/mol.